The quantitative estimate of drug-likeness (QED) is 0.350. The number of nitrogens with zero attached hydrogens (tertiary/aromatic N) is 2. The number of aryl methyl sites for hydroxylation is 1. The molecular formula is C25H24N4O. The van der Waals surface area contributed by atoms with Crippen LogP contribution in [0.3, 0.4) is 0 Å². The fraction of sp³-hybridized carbons (Fsp3) is 0.200. The van der Waals surface area contributed by atoms with Crippen LogP contribution in [0.5, 0.6) is 0 Å². The van der Waals surface area contributed by atoms with Crippen molar-refractivity contribution in [3.05, 3.63) is 70.8 Å². The number of aliphatic hydroxyl groups is 1. The van der Waals surface area contributed by atoms with Gasteiger partial charge in [0, 0.05) is 34.2 Å². The monoisotopic (exact) mass is 396 g/mol. The molecule has 0 spiro atoms. The molecule has 8 bridgehead atoms. The van der Waals surface area contributed by atoms with Gasteiger partial charge >= 0.3 is 0 Å². The van der Waals surface area contributed by atoms with E-state index in [4.69, 9.17) is 10.1 Å². The number of fused-ring (bicyclic) bond motifs is 8. The molecule has 150 valence electrons. The Kier molecular flexibility index (Phi) is 5.03. The van der Waals surface area contributed by atoms with Gasteiger partial charge in [-0.25, -0.2) is 9.97 Å². The highest BCUT2D eigenvalue weighted by Gasteiger charge is 2.09. The van der Waals surface area contributed by atoms with E-state index in [0.717, 1.165) is 70.5 Å². The highest BCUT2D eigenvalue weighted by atomic mass is 16.2. The van der Waals surface area contributed by atoms with Gasteiger partial charge in [-0.05, 0) is 86.0 Å². The van der Waals surface area contributed by atoms with Crippen LogP contribution in [0, 0.1) is 0 Å². The number of aliphatic hydroxyl groups excluding tert-OH is 1. The van der Waals surface area contributed by atoms with Crippen LogP contribution in [-0.4, -0.2) is 31.6 Å². The number of hydrogen-bond donors (Lipinski definition) is 3. The molecule has 30 heavy (non-hydrogen) atoms. The van der Waals surface area contributed by atoms with Gasteiger partial charge < -0.3 is 15.1 Å². The van der Waals surface area contributed by atoms with Gasteiger partial charge in [-0.1, -0.05) is 6.42 Å². The van der Waals surface area contributed by atoms with Crippen LogP contribution in [0.1, 0.15) is 47.6 Å². The zero-order chi connectivity index (χ0) is 20.3. The summed E-state index contributed by atoms with van der Waals surface area (Å²) in [7, 11) is 0. The number of hydrogen-bond acceptors (Lipinski definition) is 3. The van der Waals surface area contributed by atoms with Gasteiger partial charge in [0.1, 0.15) is 0 Å². The van der Waals surface area contributed by atoms with Crippen molar-refractivity contribution in [1.29, 1.82) is 0 Å². The van der Waals surface area contributed by atoms with Crippen molar-refractivity contribution < 1.29 is 5.11 Å². The smallest absolute Gasteiger partial charge is 0.0690 e. The van der Waals surface area contributed by atoms with Crippen LogP contribution < -0.4 is 0 Å². The van der Waals surface area contributed by atoms with Gasteiger partial charge in [0.25, 0.3) is 0 Å². The second-order valence-corrected chi connectivity index (χ2v) is 7.69. The summed E-state index contributed by atoms with van der Waals surface area (Å²) in [5.74, 6) is 0. The highest BCUT2D eigenvalue weighted by Crippen LogP contribution is 2.22. The molecule has 5 heteroatoms. The van der Waals surface area contributed by atoms with Crippen LogP contribution >= 0.6 is 0 Å². The van der Waals surface area contributed by atoms with Crippen molar-refractivity contribution in [3.8, 4) is 0 Å². The molecule has 3 N–H and O–H groups in total. The van der Waals surface area contributed by atoms with Crippen molar-refractivity contribution in [3.63, 3.8) is 0 Å². The third kappa shape index (κ3) is 3.98. The standard InChI is InChI=1S/C25H24N4O/c30-13-3-1-2-4-23-24-11-9-21(28-24)15-19-7-5-17(26-19)14-18-6-8-20(27-18)16-22-10-12-25(23)29-22/h5-12,14-16,26,28,30H,1-4,13H2. The summed E-state index contributed by atoms with van der Waals surface area (Å²) in [5, 5.41) is 9.10. The van der Waals surface area contributed by atoms with Gasteiger partial charge in [-0.2, -0.15) is 0 Å². The molecule has 5 rings (SSSR count). The summed E-state index contributed by atoms with van der Waals surface area (Å²) in [6, 6.07) is 14.5. The predicted molar refractivity (Wildman–Crippen MR) is 123 cm³/mol. The zero-order valence-electron chi connectivity index (χ0n) is 16.7. The minimum Gasteiger partial charge on any atom is -0.396 e. The normalized spacial score (nSPS) is 12.6. The van der Waals surface area contributed by atoms with Crippen LogP contribution in [0.2, 0.25) is 0 Å². The number of aromatic amines is 2. The predicted octanol–water partition coefficient (Wildman–Crippen LogP) is 5.36. The first-order valence-electron chi connectivity index (χ1n) is 10.4. The molecule has 0 aromatic carbocycles. The lowest BCUT2D eigenvalue weighted by Crippen LogP contribution is -1.93. The van der Waals surface area contributed by atoms with Crippen LogP contribution in [0.15, 0.2) is 42.5 Å². The van der Waals surface area contributed by atoms with E-state index in [1.54, 1.807) is 0 Å². The first-order valence-corrected chi connectivity index (χ1v) is 10.4. The van der Waals surface area contributed by atoms with Gasteiger partial charge in [-0.3, -0.25) is 0 Å². The Balaban J connectivity index is 1.72. The number of nitrogens with one attached hydrogen (secondary N) is 2. The minimum absolute atomic E-state index is 0.245. The maximum absolute atomic E-state index is 9.10. The molecule has 0 amide bonds. The number of rotatable bonds is 5. The Labute approximate surface area is 174 Å². The number of unbranched alkanes of at least 4 members (excludes halogenated alkanes) is 2. The van der Waals surface area contributed by atoms with Crippen molar-refractivity contribution in [2.75, 3.05) is 6.61 Å². The molecule has 5 heterocycles. The summed E-state index contributed by atoms with van der Waals surface area (Å²) in [4.78, 5) is 16.5. The largest absolute Gasteiger partial charge is 0.396 e. The summed E-state index contributed by atoms with van der Waals surface area (Å²) in [6.07, 6.45) is 11.9. The van der Waals surface area contributed by atoms with E-state index in [0.29, 0.717) is 0 Å². The number of aromatic nitrogens is 4. The summed E-state index contributed by atoms with van der Waals surface area (Å²) in [6.45, 7) is 0.245. The van der Waals surface area contributed by atoms with Gasteiger partial charge in [0.2, 0.25) is 0 Å². The van der Waals surface area contributed by atoms with Crippen molar-refractivity contribution >= 4 is 46.4 Å². The summed E-state index contributed by atoms with van der Waals surface area (Å²) < 4.78 is 0. The van der Waals surface area contributed by atoms with Gasteiger partial charge in [0.05, 0.1) is 22.8 Å². The molecule has 0 saturated carbocycles. The molecule has 0 atom stereocenters. The van der Waals surface area contributed by atoms with E-state index >= 15 is 0 Å². The van der Waals surface area contributed by atoms with Crippen molar-refractivity contribution in [2.45, 2.75) is 25.7 Å². The Hall–Kier alpha value is -3.44. The van der Waals surface area contributed by atoms with Crippen molar-refractivity contribution in [2.24, 2.45) is 0 Å². The number of H-pyrrole nitrogens is 2. The molecule has 0 fully saturated rings. The highest BCUT2D eigenvalue weighted by molar-refractivity contribution is 5.79. The Morgan fingerprint density at radius 1 is 0.667 bits per heavy atom. The third-order valence-corrected chi connectivity index (χ3v) is 5.41. The van der Waals surface area contributed by atoms with E-state index in [2.05, 4.69) is 51.4 Å². The van der Waals surface area contributed by atoms with E-state index in [1.807, 2.05) is 30.4 Å². The first-order chi connectivity index (χ1) is 14.8. The lowest BCUT2D eigenvalue weighted by atomic mass is 10.1. The maximum atomic E-state index is 9.10. The minimum atomic E-state index is 0.245. The average Bonchev–Trinajstić information content (AvgIpc) is 3.52. The molecule has 5 nitrogen and oxygen atoms in total. The third-order valence-electron chi connectivity index (χ3n) is 5.41. The van der Waals surface area contributed by atoms with Gasteiger partial charge in [-0.15, -0.1) is 0 Å². The lowest BCUT2D eigenvalue weighted by molar-refractivity contribution is 0.283. The second-order valence-electron chi connectivity index (χ2n) is 7.69. The molecule has 3 aromatic heterocycles. The molecule has 2 aliphatic heterocycles. The van der Waals surface area contributed by atoms with Gasteiger partial charge in [0.15, 0.2) is 0 Å². The van der Waals surface area contributed by atoms with E-state index in [-0.39, 0.29) is 6.61 Å². The fourth-order valence-corrected chi connectivity index (χ4v) is 3.92. The van der Waals surface area contributed by atoms with E-state index < -0.39 is 0 Å². The average molecular weight is 396 g/mol. The Morgan fingerprint density at radius 2 is 1.37 bits per heavy atom. The summed E-state index contributed by atoms with van der Waals surface area (Å²) >= 11 is 0. The lowest BCUT2D eigenvalue weighted by Gasteiger charge is -2.03. The SMILES string of the molecule is OCCCCCc1c2nc(cc3nc(cc4ccc(cc5ccc1[nH]5)[nH]4)C=C3)C=C2. The Bertz CT molecular complexity index is 1290. The zero-order valence-corrected chi connectivity index (χ0v) is 16.7. The van der Waals surface area contributed by atoms with E-state index in [9.17, 15) is 0 Å². The second kappa shape index (κ2) is 8.13. The van der Waals surface area contributed by atoms with E-state index in [1.165, 1.54) is 5.56 Å². The summed E-state index contributed by atoms with van der Waals surface area (Å²) in [5.41, 5.74) is 9.14. The Morgan fingerprint density at radius 3 is 2.23 bits per heavy atom. The van der Waals surface area contributed by atoms with Crippen molar-refractivity contribution in [1.82, 2.24) is 19.9 Å². The molecular weight excluding hydrogens is 372 g/mol. The molecule has 3 aromatic rings. The molecule has 0 unspecified atom stereocenters. The first kappa shape index (κ1) is 18.6. The molecule has 0 aliphatic carbocycles. The molecule has 0 saturated heterocycles. The fourth-order valence-electron chi connectivity index (χ4n) is 3.92. The molecule has 0 radical (unpaired) electrons. The molecule has 2 aliphatic rings. The topological polar surface area (TPSA) is 77.6 Å². The van der Waals surface area contributed by atoms with Crippen LogP contribution in [-0.2, 0) is 6.42 Å². The van der Waals surface area contributed by atoms with Crippen LogP contribution in [0.25, 0.3) is 46.4 Å². The van der Waals surface area contributed by atoms with Crippen LogP contribution in [0.4, 0.5) is 0 Å². The maximum Gasteiger partial charge on any atom is 0.0690 e.